The van der Waals surface area contributed by atoms with Gasteiger partial charge in [0.05, 0.1) is 17.2 Å². The Morgan fingerprint density at radius 2 is 1.65 bits per heavy atom. The molecule has 136 valence electrons. The smallest absolute Gasteiger partial charge is 0.255 e. The van der Waals surface area contributed by atoms with Gasteiger partial charge in [-0.1, -0.05) is 43.2 Å². The molecule has 0 radical (unpaired) electrons. The number of nitrogens with zero attached hydrogens (tertiary/aromatic N) is 2. The second kappa shape index (κ2) is 8.61. The third-order valence-electron chi connectivity index (χ3n) is 4.79. The first-order valence-electron chi connectivity index (χ1n) is 9.25. The van der Waals surface area contributed by atoms with Crippen molar-refractivity contribution in [2.75, 3.05) is 13.1 Å². The quantitative estimate of drug-likeness (QED) is 0.916. The number of rotatable bonds is 4. The number of pyridine rings is 1. The Balaban J connectivity index is 1.70. The van der Waals surface area contributed by atoms with Crippen molar-refractivity contribution in [1.29, 1.82) is 0 Å². The summed E-state index contributed by atoms with van der Waals surface area (Å²) in [4.78, 5) is 31.3. The van der Waals surface area contributed by atoms with E-state index in [1.807, 2.05) is 42.2 Å². The Labute approximate surface area is 154 Å². The van der Waals surface area contributed by atoms with E-state index in [0.29, 0.717) is 11.1 Å². The van der Waals surface area contributed by atoms with Crippen LogP contribution in [0.25, 0.3) is 0 Å². The summed E-state index contributed by atoms with van der Waals surface area (Å²) in [6.45, 7) is 3.49. The fourth-order valence-electron chi connectivity index (χ4n) is 3.24. The van der Waals surface area contributed by atoms with Crippen LogP contribution < -0.4 is 5.32 Å². The Hall–Kier alpha value is -2.69. The van der Waals surface area contributed by atoms with Crippen molar-refractivity contribution in [2.24, 2.45) is 0 Å². The normalized spacial score (nSPS) is 15.8. The molecular weight excluding hydrogens is 326 g/mol. The number of likely N-dealkylation sites (tertiary alicyclic amines) is 1. The summed E-state index contributed by atoms with van der Waals surface area (Å²) >= 11 is 0. The second-order valence-electron chi connectivity index (χ2n) is 6.77. The van der Waals surface area contributed by atoms with Crippen LogP contribution in [0, 0.1) is 0 Å². The molecule has 1 unspecified atom stereocenters. The molecule has 0 aliphatic carbocycles. The summed E-state index contributed by atoms with van der Waals surface area (Å²) in [5.74, 6) is -0.260. The molecule has 1 aromatic heterocycles. The highest BCUT2D eigenvalue weighted by Crippen LogP contribution is 2.15. The minimum absolute atomic E-state index is 0.0369. The maximum Gasteiger partial charge on any atom is 0.255 e. The van der Waals surface area contributed by atoms with Crippen molar-refractivity contribution in [3.63, 3.8) is 0 Å². The summed E-state index contributed by atoms with van der Waals surface area (Å²) in [5, 5.41) is 2.96. The Kier molecular flexibility index (Phi) is 6.00. The van der Waals surface area contributed by atoms with Crippen LogP contribution in [0.5, 0.6) is 0 Å². The van der Waals surface area contributed by atoms with E-state index in [9.17, 15) is 9.59 Å². The van der Waals surface area contributed by atoms with Crippen molar-refractivity contribution in [3.8, 4) is 0 Å². The lowest BCUT2D eigenvalue weighted by Gasteiger charge is -2.20. The van der Waals surface area contributed by atoms with Gasteiger partial charge in [0.2, 0.25) is 0 Å². The van der Waals surface area contributed by atoms with E-state index in [2.05, 4.69) is 10.3 Å². The summed E-state index contributed by atoms with van der Waals surface area (Å²) in [7, 11) is 0. The maximum absolute atomic E-state index is 12.7. The number of hydrogen-bond donors (Lipinski definition) is 1. The molecule has 26 heavy (non-hydrogen) atoms. The molecule has 2 heterocycles. The first-order chi connectivity index (χ1) is 12.6. The predicted octanol–water partition coefficient (Wildman–Crippen LogP) is 3.59. The summed E-state index contributed by atoms with van der Waals surface area (Å²) in [6, 6.07) is 11.3. The monoisotopic (exact) mass is 351 g/mol. The number of hydrogen-bond acceptors (Lipinski definition) is 3. The first kappa shape index (κ1) is 18.1. The van der Waals surface area contributed by atoms with Gasteiger partial charge >= 0.3 is 0 Å². The third kappa shape index (κ3) is 4.48. The molecule has 2 amide bonds. The van der Waals surface area contributed by atoms with Gasteiger partial charge in [-0.25, -0.2) is 0 Å². The topological polar surface area (TPSA) is 62.3 Å². The largest absolute Gasteiger partial charge is 0.345 e. The number of aromatic nitrogens is 1. The Morgan fingerprint density at radius 3 is 2.35 bits per heavy atom. The average Bonchev–Trinajstić information content (AvgIpc) is 2.97. The highest BCUT2D eigenvalue weighted by Gasteiger charge is 2.19. The van der Waals surface area contributed by atoms with Crippen LogP contribution in [0.3, 0.4) is 0 Å². The van der Waals surface area contributed by atoms with Crippen LogP contribution in [0.15, 0.2) is 48.8 Å². The summed E-state index contributed by atoms with van der Waals surface area (Å²) in [6.07, 6.45) is 7.46. The molecule has 1 atom stereocenters. The van der Waals surface area contributed by atoms with Gasteiger partial charge in [0.15, 0.2) is 0 Å². The average molecular weight is 351 g/mol. The van der Waals surface area contributed by atoms with E-state index in [1.165, 1.54) is 19.0 Å². The van der Waals surface area contributed by atoms with E-state index in [4.69, 9.17) is 0 Å². The van der Waals surface area contributed by atoms with Crippen LogP contribution in [-0.2, 0) is 0 Å². The Morgan fingerprint density at radius 1 is 1.00 bits per heavy atom. The maximum atomic E-state index is 12.7. The van der Waals surface area contributed by atoms with Gasteiger partial charge in [-0.2, -0.15) is 0 Å². The van der Waals surface area contributed by atoms with Crippen molar-refractivity contribution in [3.05, 3.63) is 65.5 Å². The van der Waals surface area contributed by atoms with E-state index < -0.39 is 0 Å². The third-order valence-corrected chi connectivity index (χ3v) is 4.79. The molecule has 1 N–H and O–H groups in total. The van der Waals surface area contributed by atoms with Gasteiger partial charge in [0, 0.05) is 25.5 Å². The molecule has 1 fully saturated rings. The highest BCUT2D eigenvalue weighted by molar-refractivity contribution is 5.99. The Bertz CT molecular complexity index is 753. The molecule has 0 saturated carbocycles. The van der Waals surface area contributed by atoms with Crippen molar-refractivity contribution in [2.45, 2.75) is 38.6 Å². The second-order valence-corrected chi connectivity index (χ2v) is 6.77. The fraction of sp³-hybridized carbons (Fsp3) is 0.381. The number of nitrogens with one attached hydrogen (secondary N) is 1. The minimum Gasteiger partial charge on any atom is -0.345 e. The molecule has 1 aliphatic rings. The van der Waals surface area contributed by atoms with E-state index in [0.717, 1.165) is 31.5 Å². The summed E-state index contributed by atoms with van der Waals surface area (Å²) in [5.41, 5.74) is 1.92. The van der Waals surface area contributed by atoms with E-state index >= 15 is 0 Å². The van der Waals surface area contributed by atoms with Crippen LogP contribution in [0.2, 0.25) is 0 Å². The zero-order chi connectivity index (χ0) is 18.4. The molecule has 3 rings (SSSR count). The molecule has 2 aromatic rings. The molecule has 5 heteroatoms. The van der Waals surface area contributed by atoms with Crippen molar-refractivity contribution in [1.82, 2.24) is 15.2 Å². The molecule has 0 spiro atoms. The number of carbonyl (C=O) groups excluding carboxylic acids is 2. The van der Waals surface area contributed by atoms with Crippen LogP contribution in [0.1, 0.15) is 64.9 Å². The highest BCUT2D eigenvalue weighted by atomic mass is 16.2. The van der Waals surface area contributed by atoms with Gasteiger partial charge < -0.3 is 10.2 Å². The van der Waals surface area contributed by atoms with Crippen molar-refractivity contribution < 1.29 is 9.59 Å². The molecule has 1 aromatic carbocycles. The molecule has 0 bridgehead atoms. The van der Waals surface area contributed by atoms with Gasteiger partial charge in [0.1, 0.15) is 0 Å². The lowest BCUT2D eigenvalue weighted by molar-refractivity contribution is 0.0761. The lowest BCUT2D eigenvalue weighted by Crippen LogP contribution is -2.32. The van der Waals surface area contributed by atoms with Gasteiger partial charge in [-0.3, -0.25) is 14.6 Å². The SMILES string of the molecule is CC(NC(=O)c1cncc(C(=O)N2CCCCCC2)c1)c1ccccc1. The van der Waals surface area contributed by atoms with E-state index in [1.54, 1.807) is 12.3 Å². The lowest BCUT2D eigenvalue weighted by atomic mass is 10.1. The number of carbonyl (C=O) groups is 2. The van der Waals surface area contributed by atoms with Gasteiger partial charge in [-0.05, 0) is 31.4 Å². The molecule has 1 aliphatic heterocycles. The zero-order valence-electron chi connectivity index (χ0n) is 15.1. The van der Waals surface area contributed by atoms with Crippen LogP contribution >= 0.6 is 0 Å². The first-order valence-corrected chi connectivity index (χ1v) is 9.25. The number of benzene rings is 1. The fourth-order valence-corrected chi connectivity index (χ4v) is 3.24. The molecule has 5 nitrogen and oxygen atoms in total. The van der Waals surface area contributed by atoms with Crippen LogP contribution in [-0.4, -0.2) is 34.8 Å². The van der Waals surface area contributed by atoms with Crippen LogP contribution in [0.4, 0.5) is 0 Å². The van der Waals surface area contributed by atoms with Crippen molar-refractivity contribution >= 4 is 11.8 Å². The van der Waals surface area contributed by atoms with Gasteiger partial charge in [-0.15, -0.1) is 0 Å². The van der Waals surface area contributed by atoms with E-state index in [-0.39, 0.29) is 17.9 Å². The molecular formula is C21H25N3O2. The summed E-state index contributed by atoms with van der Waals surface area (Å²) < 4.78 is 0. The zero-order valence-corrected chi connectivity index (χ0v) is 15.1. The minimum atomic E-state index is -0.223. The molecule has 1 saturated heterocycles. The standard InChI is InChI=1S/C21H25N3O2/c1-16(17-9-5-4-6-10-17)23-20(25)18-13-19(15-22-14-18)21(26)24-11-7-2-3-8-12-24/h4-6,9-10,13-16H,2-3,7-8,11-12H2,1H3,(H,23,25). The predicted molar refractivity (Wildman–Crippen MR) is 101 cm³/mol. The number of amides is 2. The van der Waals surface area contributed by atoms with Gasteiger partial charge in [0.25, 0.3) is 11.8 Å².